The number of aromatic nitrogens is 1. The second-order valence-electron chi connectivity index (χ2n) is 5.48. The standard InChI is InChI=1S/C16H14F3IN2O/c1-22-14(11-4-6-13(20)7-5-11)9-15(23-22,16(17,18)19)12-3-2-8-21-10-12/h2-8,10,14H,9H2,1H3/t14-,15+/m1/s1. The van der Waals surface area contributed by atoms with Gasteiger partial charge in [-0.2, -0.15) is 18.2 Å². The van der Waals surface area contributed by atoms with E-state index < -0.39 is 17.8 Å². The third kappa shape index (κ3) is 2.97. The fourth-order valence-electron chi connectivity index (χ4n) is 2.86. The number of hydrogen-bond acceptors (Lipinski definition) is 3. The number of alkyl halides is 3. The summed E-state index contributed by atoms with van der Waals surface area (Å²) in [6, 6.07) is 9.84. The Morgan fingerprint density at radius 3 is 2.52 bits per heavy atom. The highest BCUT2D eigenvalue weighted by molar-refractivity contribution is 14.1. The summed E-state index contributed by atoms with van der Waals surface area (Å²) in [5.41, 5.74) is -1.56. The molecule has 0 spiro atoms. The van der Waals surface area contributed by atoms with E-state index in [0.717, 1.165) is 9.13 Å². The van der Waals surface area contributed by atoms with Crippen LogP contribution < -0.4 is 0 Å². The van der Waals surface area contributed by atoms with Gasteiger partial charge in [0.2, 0.25) is 5.60 Å². The van der Waals surface area contributed by atoms with Gasteiger partial charge in [-0.15, -0.1) is 0 Å². The first-order valence-electron chi connectivity index (χ1n) is 6.98. The number of benzene rings is 1. The molecule has 2 heterocycles. The van der Waals surface area contributed by atoms with E-state index in [1.165, 1.54) is 36.6 Å². The normalized spacial score (nSPS) is 25.7. The van der Waals surface area contributed by atoms with Gasteiger partial charge in [0, 0.05) is 35.0 Å². The number of hydrogen-bond donors (Lipinski definition) is 0. The number of hydroxylamine groups is 2. The van der Waals surface area contributed by atoms with Crippen molar-refractivity contribution in [3.63, 3.8) is 0 Å². The molecule has 122 valence electrons. The smallest absolute Gasteiger partial charge is 0.277 e. The fraction of sp³-hybridized carbons (Fsp3) is 0.312. The molecule has 0 aliphatic carbocycles. The lowest BCUT2D eigenvalue weighted by Gasteiger charge is -2.30. The van der Waals surface area contributed by atoms with E-state index in [4.69, 9.17) is 4.84 Å². The molecule has 0 unspecified atom stereocenters. The Bertz CT molecular complexity index is 678. The van der Waals surface area contributed by atoms with E-state index in [2.05, 4.69) is 27.6 Å². The van der Waals surface area contributed by atoms with Crippen molar-refractivity contribution in [2.75, 3.05) is 7.05 Å². The van der Waals surface area contributed by atoms with Crippen LogP contribution in [-0.4, -0.2) is 23.3 Å². The van der Waals surface area contributed by atoms with Crippen molar-refractivity contribution >= 4 is 22.6 Å². The topological polar surface area (TPSA) is 25.4 Å². The minimum Gasteiger partial charge on any atom is -0.277 e. The summed E-state index contributed by atoms with van der Waals surface area (Å²) in [5.74, 6) is 0. The van der Waals surface area contributed by atoms with E-state index in [1.54, 1.807) is 0 Å². The first kappa shape index (κ1) is 16.7. The monoisotopic (exact) mass is 434 g/mol. The zero-order valence-corrected chi connectivity index (χ0v) is 14.4. The number of pyridine rings is 1. The molecule has 2 aromatic rings. The van der Waals surface area contributed by atoms with E-state index in [0.29, 0.717) is 0 Å². The molecule has 3 nitrogen and oxygen atoms in total. The van der Waals surface area contributed by atoms with Gasteiger partial charge >= 0.3 is 6.18 Å². The number of rotatable bonds is 2. The summed E-state index contributed by atoms with van der Waals surface area (Å²) >= 11 is 2.16. The maximum atomic E-state index is 13.8. The van der Waals surface area contributed by atoms with Crippen LogP contribution in [0.4, 0.5) is 13.2 Å². The second kappa shape index (κ2) is 6.03. The molecule has 0 saturated carbocycles. The molecule has 0 N–H and O–H groups in total. The van der Waals surface area contributed by atoms with E-state index >= 15 is 0 Å². The summed E-state index contributed by atoms with van der Waals surface area (Å²) in [5, 5.41) is 1.29. The molecular formula is C16H14F3IN2O. The third-order valence-corrected chi connectivity index (χ3v) is 4.78. The van der Waals surface area contributed by atoms with Crippen molar-refractivity contribution < 1.29 is 18.0 Å². The Labute approximate surface area is 145 Å². The molecule has 0 bridgehead atoms. The third-order valence-electron chi connectivity index (χ3n) is 4.06. The summed E-state index contributed by atoms with van der Waals surface area (Å²) in [7, 11) is 1.53. The molecule has 1 aliphatic rings. The molecule has 1 fully saturated rings. The van der Waals surface area contributed by atoms with Crippen LogP contribution in [0, 0.1) is 3.57 Å². The lowest BCUT2D eigenvalue weighted by atomic mass is 9.86. The van der Waals surface area contributed by atoms with E-state index in [1.807, 2.05) is 24.3 Å². The van der Waals surface area contributed by atoms with Crippen molar-refractivity contribution in [2.45, 2.75) is 24.2 Å². The van der Waals surface area contributed by atoms with Crippen LogP contribution in [0.2, 0.25) is 0 Å². The largest absolute Gasteiger partial charge is 0.423 e. The van der Waals surface area contributed by atoms with Crippen LogP contribution in [0.25, 0.3) is 0 Å². The Kier molecular flexibility index (Phi) is 4.37. The first-order valence-corrected chi connectivity index (χ1v) is 8.06. The van der Waals surface area contributed by atoms with Crippen LogP contribution in [0.5, 0.6) is 0 Å². The summed E-state index contributed by atoms with van der Waals surface area (Å²) in [6.07, 6.45) is -2.08. The zero-order valence-electron chi connectivity index (χ0n) is 12.2. The van der Waals surface area contributed by atoms with E-state index in [9.17, 15) is 13.2 Å². The molecule has 23 heavy (non-hydrogen) atoms. The molecule has 7 heteroatoms. The lowest BCUT2D eigenvalue weighted by Crippen LogP contribution is -2.42. The Morgan fingerprint density at radius 2 is 1.96 bits per heavy atom. The highest BCUT2D eigenvalue weighted by Gasteiger charge is 2.63. The minimum atomic E-state index is -4.54. The Hall–Kier alpha value is -1.19. The van der Waals surface area contributed by atoms with Crippen LogP contribution in [0.15, 0.2) is 48.8 Å². The van der Waals surface area contributed by atoms with E-state index in [-0.39, 0.29) is 12.0 Å². The molecule has 3 rings (SSSR count). The van der Waals surface area contributed by atoms with Crippen LogP contribution in [-0.2, 0) is 10.4 Å². The van der Waals surface area contributed by atoms with Gasteiger partial charge in [0.25, 0.3) is 0 Å². The number of nitrogens with zero attached hydrogens (tertiary/aromatic N) is 2. The summed E-state index contributed by atoms with van der Waals surface area (Å²) in [6.45, 7) is 0. The SMILES string of the molecule is CN1O[C@@](c2cccnc2)(C(F)(F)F)C[C@@H]1c1ccc(I)cc1. The van der Waals surface area contributed by atoms with Gasteiger partial charge in [-0.3, -0.25) is 9.82 Å². The van der Waals surface area contributed by atoms with Crippen molar-refractivity contribution in [1.82, 2.24) is 10.0 Å². The highest BCUT2D eigenvalue weighted by Crippen LogP contribution is 2.53. The van der Waals surface area contributed by atoms with Gasteiger partial charge in [0.1, 0.15) is 0 Å². The van der Waals surface area contributed by atoms with Crippen molar-refractivity contribution in [2.24, 2.45) is 0 Å². The molecular weight excluding hydrogens is 420 g/mol. The average Bonchev–Trinajstić information content (AvgIpc) is 2.88. The fourth-order valence-corrected chi connectivity index (χ4v) is 3.22. The Morgan fingerprint density at radius 1 is 1.26 bits per heavy atom. The van der Waals surface area contributed by atoms with Gasteiger partial charge in [-0.1, -0.05) is 18.2 Å². The minimum absolute atomic E-state index is 0.0207. The summed E-state index contributed by atoms with van der Waals surface area (Å²) in [4.78, 5) is 9.19. The highest BCUT2D eigenvalue weighted by atomic mass is 127. The first-order chi connectivity index (χ1) is 10.8. The van der Waals surface area contributed by atoms with Crippen molar-refractivity contribution in [3.05, 3.63) is 63.5 Å². The Balaban J connectivity index is 2.02. The zero-order chi connectivity index (χ0) is 16.7. The van der Waals surface area contributed by atoms with Gasteiger partial charge in [-0.05, 0) is 46.4 Å². The molecule has 1 saturated heterocycles. The predicted molar refractivity (Wildman–Crippen MR) is 87.3 cm³/mol. The molecule has 0 radical (unpaired) electrons. The predicted octanol–water partition coefficient (Wildman–Crippen LogP) is 4.45. The number of halogens is 4. The van der Waals surface area contributed by atoms with Crippen LogP contribution in [0.1, 0.15) is 23.6 Å². The van der Waals surface area contributed by atoms with Gasteiger partial charge in [0.15, 0.2) is 0 Å². The molecule has 2 atom stereocenters. The molecule has 1 aliphatic heterocycles. The maximum absolute atomic E-state index is 13.8. The van der Waals surface area contributed by atoms with Gasteiger partial charge in [-0.25, -0.2) is 0 Å². The van der Waals surface area contributed by atoms with Crippen LogP contribution >= 0.6 is 22.6 Å². The maximum Gasteiger partial charge on any atom is 0.423 e. The van der Waals surface area contributed by atoms with Crippen molar-refractivity contribution in [1.29, 1.82) is 0 Å². The summed E-state index contributed by atoms with van der Waals surface area (Å²) < 4.78 is 42.6. The van der Waals surface area contributed by atoms with Crippen molar-refractivity contribution in [3.8, 4) is 0 Å². The molecule has 1 aromatic heterocycles. The van der Waals surface area contributed by atoms with Crippen LogP contribution in [0.3, 0.4) is 0 Å². The average molecular weight is 434 g/mol. The van der Waals surface area contributed by atoms with Gasteiger partial charge in [0.05, 0.1) is 6.04 Å². The lowest BCUT2D eigenvalue weighted by molar-refractivity contribution is -0.322. The molecule has 1 aromatic carbocycles. The quantitative estimate of drug-likeness (QED) is 0.654. The van der Waals surface area contributed by atoms with Gasteiger partial charge < -0.3 is 0 Å². The molecule has 0 amide bonds. The second-order valence-corrected chi connectivity index (χ2v) is 6.72.